The normalized spacial score (nSPS) is 13.5. The van der Waals surface area contributed by atoms with Gasteiger partial charge in [0.1, 0.15) is 0 Å². The lowest BCUT2D eigenvalue weighted by atomic mass is 10.0. The summed E-state index contributed by atoms with van der Waals surface area (Å²) in [6, 6.07) is 0. The molecule has 1 amide bonds. The highest BCUT2D eigenvalue weighted by Gasteiger charge is 2.35. The molecule has 0 radical (unpaired) electrons. The number of aromatic amines is 1. The van der Waals surface area contributed by atoms with E-state index in [9.17, 15) is 9.90 Å². The van der Waals surface area contributed by atoms with E-state index in [2.05, 4.69) is 15.4 Å². The van der Waals surface area contributed by atoms with Gasteiger partial charge in [-0.2, -0.15) is 0 Å². The Morgan fingerprint density at radius 1 is 0.958 bits per heavy atom. The fraction of sp³-hybridized carbons (Fsp3) is 0.222. The number of carbonyl (C=O) groups excluding carboxylic acids is 1. The molecule has 122 valence electrons. The molecule has 0 atom stereocenters. The number of rotatable bonds is 2. The van der Waals surface area contributed by atoms with Crippen molar-refractivity contribution in [3.63, 3.8) is 0 Å². The first kappa shape index (κ1) is 15.4. The zero-order chi connectivity index (χ0) is 17.2. The van der Waals surface area contributed by atoms with E-state index in [1.807, 2.05) is 33.1 Å². The molecule has 0 aromatic carbocycles. The van der Waals surface area contributed by atoms with Crippen molar-refractivity contribution in [3.05, 3.63) is 49.0 Å². The van der Waals surface area contributed by atoms with Crippen LogP contribution < -0.4 is 0 Å². The van der Waals surface area contributed by atoms with E-state index in [-0.39, 0.29) is 11.8 Å². The van der Waals surface area contributed by atoms with Gasteiger partial charge in [-0.25, -0.2) is 4.99 Å². The van der Waals surface area contributed by atoms with E-state index in [0.29, 0.717) is 22.5 Å². The van der Waals surface area contributed by atoms with E-state index in [0.717, 1.165) is 20.9 Å². The third kappa shape index (κ3) is 1.96. The van der Waals surface area contributed by atoms with Gasteiger partial charge in [-0.15, -0.1) is 22.7 Å². The molecule has 0 aliphatic carbocycles. The summed E-state index contributed by atoms with van der Waals surface area (Å²) in [5.74, 6) is -0.275. The molecule has 4 rings (SSSR count). The SMILES string of the molecule is Cc1csc(C2=NC(=O)c3c(-c4scc(C)c4C)[nH]c(O)c32)c1C. The number of amides is 1. The smallest absolute Gasteiger partial charge is 0.280 e. The van der Waals surface area contributed by atoms with E-state index in [1.54, 1.807) is 22.7 Å². The predicted molar refractivity (Wildman–Crippen MR) is 99.0 cm³/mol. The predicted octanol–water partition coefficient (Wildman–Crippen LogP) is 4.74. The number of carbonyl (C=O) groups is 1. The average Bonchev–Trinajstić information content (AvgIpc) is 3.24. The largest absolute Gasteiger partial charge is 0.494 e. The Labute approximate surface area is 147 Å². The first-order valence-electron chi connectivity index (χ1n) is 7.58. The molecule has 3 aromatic heterocycles. The van der Waals surface area contributed by atoms with Crippen molar-refractivity contribution in [1.29, 1.82) is 0 Å². The van der Waals surface area contributed by atoms with Gasteiger partial charge in [0, 0.05) is 0 Å². The summed E-state index contributed by atoms with van der Waals surface area (Å²) in [7, 11) is 0. The third-order valence-corrected chi connectivity index (χ3v) is 7.08. The summed E-state index contributed by atoms with van der Waals surface area (Å²) in [6.45, 7) is 8.12. The van der Waals surface area contributed by atoms with Gasteiger partial charge in [0.2, 0.25) is 0 Å². The second-order valence-electron chi connectivity index (χ2n) is 6.11. The fourth-order valence-electron chi connectivity index (χ4n) is 2.97. The number of nitrogens with one attached hydrogen (secondary N) is 1. The van der Waals surface area contributed by atoms with Crippen LogP contribution in [0.3, 0.4) is 0 Å². The third-order valence-electron chi connectivity index (χ3n) is 4.66. The van der Waals surface area contributed by atoms with E-state index < -0.39 is 0 Å². The van der Waals surface area contributed by atoms with Gasteiger partial charge in [0.25, 0.3) is 5.91 Å². The van der Waals surface area contributed by atoms with Gasteiger partial charge < -0.3 is 10.1 Å². The van der Waals surface area contributed by atoms with Crippen LogP contribution in [0.15, 0.2) is 15.8 Å². The minimum Gasteiger partial charge on any atom is -0.494 e. The Balaban J connectivity index is 1.94. The van der Waals surface area contributed by atoms with Gasteiger partial charge >= 0.3 is 0 Å². The number of aryl methyl sites for hydroxylation is 2. The quantitative estimate of drug-likeness (QED) is 0.697. The maximum Gasteiger partial charge on any atom is 0.280 e. The van der Waals surface area contributed by atoms with Crippen LogP contribution in [-0.4, -0.2) is 21.7 Å². The number of aromatic hydroxyl groups is 1. The van der Waals surface area contributed by atoms with Gasteiger partial charge in [-0.1, -0.05) is 0 Å². The minimum atomic E-state index is -0.289. The van der Waals surface area contributed by atoms with Crippen LogP contribution in [0.1, 0.15) is 43.1 Å². The summed E-state index contributed by atoms with van der Waals surface area (Å²) < 4.78 is 0. The van der Waals surface area contributed by atoms with Crippen LogP contribution in [0, 0.1) is 27.7 Å². The summed E-state index contributed by atoms with van der Waals surface area (Å²) in [5.41, 5.74) is 6.83. The molecule has 0 fully saturated rings. The van der Waals surface area contributed by atoms with Crippen molar-refractivity contribution < 1.29 is 9.90 Å². The molecule has 3 aromatic rings. The van der Waals surface area contributed by atoms with Crippen LogP contribution in [-0.2, 0) is 0 Å². The number of aromatic nitrogens is 1. The molecule has 24 heavy (non-hydrogen) atoms. The zero-order valence-corrected chi connectivity index (χ0v) is 15.4. The second kappa shape index (κ2) is 5.16. The van der Waals surface area contributed by atoms with Crippen LogP contribution in [0.2, 0.25) is 0 Å². The Morgan fingerprint density at radius 2 is 1.54 bits per heavy atom. The van der Waals surface area contributed by atoms with E-state index >= 15 is 0 Å². The summed E-state index contributed by atoms with van der Waals surface area (Å²) >= 11 is 3.13. The second-order valence-corrected chi connectivity index (χ2v) is 7.87. The summed E-state index contributed by atoms with van der Waals surface area (Å²) in [4.78, 5) is 21.8. The lowest BCUT2D eigenvalue weighted by Gasteiger charge is -2.00. The van der Waals surface area contributed by atoms with Gasteiger partial charge in [0.15, 0.2) is 5.88 Å². The highest BCUT2D eigenvalue weighted by molar-refractivity contribution is 7.14. The monoisotopic (exact) mass is 356 g/mol. The molecule has 6 heteroatoms. The molecule has 1 aliphatic heterocycles. The van der Waals surface area contributed by atoms with Gasteiger partial charge in [-0.05, 0) is 60.7 Å². The average molecular weight is 356 g/mol. The van der Waals surface area contributed by atoms with E-state index in [4.69, 9.17) is 0 Å². The van der Waals surface area contributed by atoms with Crippen molar-refractivity contribution in [1.82, 2.24) is 4.98 Å². The number of hydrogen-bond acceptors (Lipinski definition) is 4. The molecule has 0 saturated heterocycles. The number of fused-ring (bicyclic) bond motifs is 1. The maximum atomic E-state index is 12.6. The molecular weight excluding hydrogens is 340 g/mol. The number of hydrogen-bond donors (Lipinski definition) is 2. The number of H-pyrrole nitrogens is 1. The molecule has 0 bridgehead atoms. The van der Waals surface area contributed by atoms with Crippen LogP contribution in [0.5, 0.6) is 5.88 Å². The maximum absolute atomic E-state index is 12.6. The Kier molecular flexibility index (Phi) is 3.30. The van der Waals surface area contributed by atoms with Crippen molar-refractivity contribution in [3.8, 4) is 16.5 Å². The molecule has 0 unspecified atom stereocenters. The molecule has 2 N–H and O–H groups in total. The lowest BCUT2D eigenvalue weighted by Crippen LogP contribution is -1.99. The Bertz CT molecular complexity index is 1030. The molecule has 4 heterocycles. The van der Waals surface area contributed by atoms with Crippen molar-refractivity contribution in [2.75, 3.05) is 0 Å². The standard InChI is InChI=1S/C18H16N2O2S2/c1-7-5-23-15(9(7)3)13-11-12(18(22)19-13)14(20-17(11)21)16-10(4)8(2)6-24-16/h5-6,19,22H,1-4H3. The van der Waals surface area contributed by atoms with Gasteiger partial charge in [-0.3, -0.25) is 4.79 Å². The number of nitrogens with zero attached hydrogens (tertiary/aromatic N) is 1. The van der Waals surface area contributed by atoms with Crippen LogP contribution >= 0.6 is 22.7 Å². The number of thiophene rings is 2. The highest BCUT2D eigenvalue weighted by atomic mass is 32.1. The fourth-order valence-corrected chi connectivity index (χ4v) is 5.11. The van der Waals surface area contributed by atoms with Crippen molar-refractivity contribution in [2.24, 2.45) is 4.99 Å². The highest BCUT2D eigenvalue weighted by Crippen LogP contribution is 2.42. The topological polar surface area (TPSA) is 65.5 Å². The van der Waals surface area contributed by atoms with Crippen molar-refractivity contribution in [2.45, 2.75) is 27.7 Å². The van der Waals surface area contributed by atoms with Crippen molar-refractivity contribution >= 4 is 34.3 Å². The first-order valence-corrected chi connectivity index (χ1v) is 9.34. The van der Waals surface area contributed by atoms with Crippen LogP contribution in [0.4, 0.5) is 0 Å². The Morgan fingerprint density at radius 3 is 2.08 bits per heavy atom. The molecule has 4 nitrogen and oxygen atoms in total. The summed E-state index contributed by atoms with van der Waals surface area (Å²) in [6.07, 6.45) is 0. The molecule has 1 aliphatic rings. The van der Waals surface area contributed by atoms with E-state index in [1.165, 1.54) is 11.1 Å². The zero-order valence-electron chi connectivity index (χ0n) is 13.8. The lowest BCUT2D eigenvalue weighted by molar-refractivity contribution is 0.101. The summed E-state index contributed by atoms with van der Waals surface area (Å²) in [5, 5.41) is 14.6. The minimum absolute atomic E-state index is 0.0144. The molecule has 0 spiro atoms. The Hall–Kier alpha value is -2.18. The van der Waals surface area contributed by atoms with Gasteiger partial charge in [0.05, 0.1) is 32.3 Å². The molecular formula is C18H16N2O2S2. The van der Waals surface area contributed by atoms with Crippen LogP contribution in [0.25, 0.3) is 10.6 Å². The molecule has 0 saturated carbocycles. The first-order chi connectivity index (χ1) is 11.4. The number of aliphatic imine (C=N–C) groups is 1.